The SMILES string of the molecule is COc1ccc(CN2C(=O)c3[nH]nc(-c4cc(C)cc(C)c4O)c3C2c2ccc(OC)cc2)cc1. The average Bonchev–Trinajstić information content (AvgIpc) is 3.41. The number of nitrogens with zero attached hydrogens (tertiary/aromatic N) is 2. The number of carbonyl (C=O) groups is 1. The van der Waals surface area contributed by atoms with E-state index >= 15 is 0 Å². The van der Waals surface area contributed by atoms with Crippen molar-refractivity contribution in [1.29, 1.82) is 0 Å². The van der Waals surface area contributed by atoms with Crippen LogP contribution in [0.25, 0.3) is 11.3 Å². The number of benzene rings is 3. The molecule has 0 spiro atoms. The van der Waals surface area contributed by atoms with E-state index in [2.05, 4.69) is 10.2 Å². The van der Waals surface area contributed by atoms with Gasteiger partial charge in [0.05, 0.1) is 20.3 Å². The van der Waals surface area contributed by atoms with Crippen LogP contribution in [0.2, 0.25) is 0 Å². The number of carbonyl (C=O) groups excluding carboxylic acids is 1. The molecule has 1 unspecified atom stereocenters. The molecule has 178 valence electrons. The summed E-state index contributed by atoms with van der Waals surface area (Å²) >= 11 is 0. The van der Waals surface area contributed by atoms with Gasteiger partial charge in [-0.15, -0.1) is 0 Å². The summed E-state index contributed by atoms with van der Waals surface area (Å²) in [5, 5.41) is 18.3. The van der Waals surface area contributed by atoms with Crippen molar-refractivity contribution in [3.8, 4) is 28.5 Å². The van der Waals surface area contributed by atoms with Crippen LogP contribution >= 0.6 is 0 Å². The van der Waals surface area contributed by atoms with E-state index in [1.807, 2.05) is 79.4 Å². The molecule has 1 atom stereocenters. The number of aromatic amines is 1. The Morgan fingerprint density at radius 2 is 1.60 bits per heavy atom. The fourth-order valence-electron chi connectivity index (χ4n) is 4.77. The summed E-state index contributed by atoms with van der Waals surface area (Å²) in [6.45, 7) is 4.24. The molecule has 2 N–H and O–H groups in total. The fraction of sp³-hybridized carbons (Fsp3) is 0.214. The number of H-pyrrole nitrogens is 1. The number of phenols is 1. The number of methoxy groups -OCH3 is 2. The largest absolute Gasteiger partial charge is 0.507 e. The Morgan fingerprint density at radius 1 is 0.971 bits per heavy atom. The number of hydrogen-bond acceptors (Lipinski definition) is 5. The average molecular weight is 470 g/mol. The summed E-state index contributed by atoms with van der Waals surface area (Å²) in [7, 11) is 3.25. The van der Waals surface area contributed by atoms with Crippen molar-refractivity contribution in [1.82, 2.24) is 15.1 Å². The Kier molecular flexibility index (Phi) is 5.68. The van der Waals surface area contributed by atoms with E-state index in [4.69, 9.17) is 9.47 Å². The zero-order valence-electron chi connectivity index (χ0n) is 20.1. The molecule has 35 heavy (non-hydrogen) atoms. The van der Waals surface area contributed by atoms with Gasteiger partial charge in [-0.2, -0.15) is 5.10 Å². The van der Waals surface area contributed by atoms with Crippen LogP contribution in [0.5, 0.6) is 17.2 Å². The third-order valence-electron chi connectivity index (χ3n) is 6.51. The Morgan fingerprint density at radius 3 is 2.23 bits per heavy atom. The molecule has 0 radical (unpaired) electrons. The Balaban J connectivity index is 1.65. The van der Waals surface area contributed by atoms with Gasteiger partial charge in [0, 0.05) is 17.7 Å². The zero-order chi connectivity index (χ0) is 24.7. The van der Waals surface area contributed by atoms with Gasteiger partial charge in [0.2, 0.25) is 0 Å². The van der Waals surface area contributed by atoms with Crippen molar-refractivity contribution < 1.29 is 19.4 Å². The van der Waals surface area contributed by atoms with Crippen molar-refractivity contribution in [3.63, 3.8) is 0 Å². The number of aromatic nitrogens is 2. The number of aryl methyl sites for hydroxylation is 2. The number of amides is 1. The van der Waals surface area contributed by atoms with E-state index in [0.29, 0.717) is 23.5 Å². The minimum atomic E-state index is -0.389. The summed E-state index contributed by atoms with van der Waals surface area (Å²) < 4.78 is 10.6. The van der Waals surface area contributed by atoms with Crippen LogP contribution in [0.3, 0.4) is 0 Å². The molecule has 0 saturated heterocycles. The molecule has 2 heterocycles. The summed E-state index contributed by atoms with van der Waals surface area (Å²) in [6.07, 6.45) is 0. The van der Waals surface area contributed by atoms with Gasteiger partial charge in [-0.3, -0.25) is 9.89 Å². The predicted molar refractivity (Wildman–Crippen MR) is 133 cm³/mol. The summed E-state index contributed by atoms with van der Waals surface area (Å²) in [4.78, 5) is 15.5. The first-order valence-electron chi connectivity index (χ1n) is 11.4. The zero-order valence-corrected chi connectivity index (χ0v) is 20.1. The highest BCUT2D eigenvalue weighted by Crippen LogP contribution is 2.46. The highest BCUT2D eigenvalue weighted by Gasteiger charge is 2.42. The topological polar surface area (TPSA) is 87.7 Å². The van der Waals surface area contributed by atoms with Crippen LogP contribution in [0, 0.1) is 13.8 Å². The molecule has 0 saturated carbocycles. The van der Waals surface area contributed by atoms with E-state index in [1.165, 1.54) is 0 Å². The monoisotopic (exact) mass is 469 g/mol. The van der Waals surface area contributed by atoms with Crippen molar-refractivity contribution >= 4 is 5.91 Å². The van der Waals surface area contributed by atoms with Gasteiger partial charge in [0.15, 0.2) is 0 Å². The molecular weight excluding hydrogens is 442 g/mol. The first kappa shape index (κ1) is 22.5. The second-order valence-corrected chi connectivity index (χ2v) is 8.80. The van der Waals surface area contributed by atoms with Gasteiger partial charge in [-0.25, -0.2) is 0 Å². The maximum Gasteiger partial charge on any atom is 0.273 e. The standard InChI is InChI=1S/C28H27N3O4/c1-16-13-17(2)27(32)22(14-16)24-23-25(30-29-24)28(33)31(15-18-5-9-20(34-3)10-6-18)26(23)19-7-11-21(35-4)12-8-19/h5-14,26,32H,15H2,1-4H3,(H,29,30). The summed E-state index contributed by atoms with van der Waals surface area (Å²) in [6, 6.07) is 18.8. The molecule has 1 aliphatic rings. The lowest BCUT2D eigenvalue weighted by Crippen LogP contribution is -2.29. The van der Waals surface area contributed by atoms with Crippen LogP contribution in [-0.2, 0) is 6.54 Å². The molecule has 4 aromatic rings. The molecule has 0 bridgehead atoms. The van der Waals surface area contributed by atoms with Crippen molar-refractivity contribution in [2.75, 3.05) is 14.2 Å². The van der Waals surface area contributed by atoms with Crippen LogP contribution in [0.1, 0.15) is 44.3 Å². The highest BCUT2D eigenvalue weighted by atomic mass is 16.5. The minimum absolute atomic E-state index is 0.140. The first-order valence-corrected chi connectivity index (χ1v) is 11.4. The van der Waals surface area contributed by atoms with Crippen LogP contribution in [-0.4, -0.2) is 40.3 Å². The second kappa shape index (κ2) is 8.83. The summed E-state index contributed by atoms with van der Waals surface area (Å²) in [5.41, 5.74) is 6.06. The molecule has 1 aromatic heterocycles. The van der Waals surface area contributed by atoms with Gasteiger partial charge in [-0.1, -0.05) is 30.3 Å². The van der Waals surface area contributed by atoms with Gasteiger partial charge >= 0.3 is 0 Å². The third kappa shape index (κ3) is 3.89. The van der Waals surface area contributed by atoms with E-state index in [1.54, 1.807) is 14.2 Å². The molecular formula is C28H27N3O4. The Labute approximate surface area is 203 Å². The Bertz CT molecular complexity index is 1390. The molecule has 0 aliphatic carbocycles. The van der Waals surface area contributed by atoms with Crippen molar-refractivity contribution in [2.45, 2.75) is 26.4 Å². The molecule has 1 amide bonds. The third-order valence-corrected chi connectivity index (χ3v) is 6.51. The quantitative estimate of drug-likeness (QED) is 0.407. The second-order valence-electron chi connectivity index (χ2n) is 8.80. The van der Waals surface area contributed by atoms with E-state index in [-0.39, 0.29) is 17.7 Å². The van der Waals surface area contributed by atoms with Crippen molar-refractivity contribution in [2.24, 2.45) is 0 Å². The van der Waals surface area contributed by atoms with Gasteiger partial charge in [0.1, 0.15) is 28.6 Å². The molecule has 7 heteroatoms. The van der Waals surface area contributed by atoms with Gasteiger partial charge < -0.3 is 19.5 Å². The first-order chi connectivity index (χ1) is 16.9. The van der Waals surface area contributed by atoms with Gasteiger partial charge in [0.25, 0.3) is 5.91 Å². The number of ether oxygens (including phenoxy) is 2. The lowest BCUT2D eigenvalue weighted by molar-refractivity contribution is 0.0730. The van der Waals surface area contributed by atoms with Crippen LogP contribution < -0.4 is 9.47 Å². The number of nitrogens with one attached hydrogen (secondary N) is 1. The van der Waals surface area contributed by atoms with E-state index in [9.17, 15) is 9.90 Å². The maximum atomic E-state index is 13.6. The smallest absolute Gasteiger partial charge is 0.273 e. The highest BCUT2D eigenvalue weighted by molar-refractivity contribution is 6.00. The van der Waals surface area contributed by atoms with Crippen molar-refractivity contribution in [3.05, 3.63) is 94.2 Å². The van der Waals surface area contributed by atoms with Gasteiger partial charge in [-0.05, 0) is 66.4 Å². The molecule has 7 nitrogen and oxygen atoms in total. The normalized spacial score (nSPS) is 14.8. The molecule has 3 aromatic carbocycles. The number of aromatic hydroxyl groups is 1. The van der Waals surface area contributed by atoms with E-state index < -0.39 is 0 Å². The predicted octanol–water partition coefficient (Wildman–Crippen LogP) is 5.16. The van der Waals surface area contributed by atoms with Crippen LogP contribution in [0.4, 0.5) is 0 Å². The molecule has 5 rings (SSSR count). The number of rotatable bonds is 6. The number of fused-ring (bicyclic) bond motifs is 1. The van der Waals surface area contributed by atoms with Crippen LogP contribution in [0.15, 0.2) is 60.7 Å². The van der Waals surface area contributed by atoms with E-state index in [0.717, 1.165) is 39.3 Å². The lowest BCUT2D eigenvalue weighted by Gasteiger charge is -2.27. The molecule has 1 aliphatic heterocycles. The summed E-state index contributed by atoms with van der Waals surface area (Å²) in [5.74, 6) is 1.52. The number of phenolic OH excluding ortho intramolecular Hbond substituents is 1. The number of hydrogen-bond donors (Lipinski definition) is 2. The minimum Gasteiger partial charge on any atom is -0.507 e. The maximum absolute atomic E-state index is 13.6. The fourth-order valence-corrected chi connectivity index (χ4v) is 4.77. The lowest BCUT2D eigenvalue weighted by atomic mass is 9.94. The Hall–Kier alpha value is -4.26. The molecule has 0 fully saturated rings.